The van der Waals surface area contributed by atoms with Crippen molar-refractivity contribution in [2.75, 3.05) is 10.6 Å². The van der Waals surface area contributed by atoms with E-state index < -0.39 is 11.6 Å². The van der Waals surface area contributed by atoms with Crippen LogP contribution in [0.2, 0.25) is 0 Å². The maximum Gasteiger partial charge on any atom is 0.160 e. The Labute approximate surface area is 138 Å². The van der Waals surface area contributed by atoms with Gasteiger partial charge < -0.3 is 10.6 Å². The Morgan fingerprint density at radius 1 is 0.917 bits per heavy atom. The Bertz CT molecular complexity index is 852. The highest BCUT2D eigenvalue weighted by Crippen LogP contribution is 2.19. The van der Waals surface area contributed by atoms with Crippen molar-refractivity contribution in [3.8, 4) is 0 Å². The van der Waals surface area contributed by atoms with Crippen LogP contribution >= 0.6 is 0 Å². The van der Waals surface area contributed by atoms with Crippen LogP contribution in [0.1, 0.15) is 11.1 Å². The number of anilines is 3. The van der Waals surface area contributed by atoms with Gasteiger partial charge in [0, 0.05) is 24.4 Å². The van der Waals surface area contributed by atoms with Crippen molar-refractivity contribution in [1.82, 2.24) is 9.97 Å². The summed E-state index contributed by atoms with van der Waals surface area (Å²) in [4.78, 5) is 8.23. The van der Waals surface area contributed by atoms with E-state index in [4.69, 9.17) is 0 Å². The second kappa shape index (κ2) is 7.04. The highest BCUT2D eigenvalue weighted by molar-refractivity contribution is 5.58. The van der Waals surface area contributed by atoms with Crippen LogP contribution in [0.3, 0.4) is 0 Å². The molecule has 0 aliphatic carbocycles. The summed E-state index contributed by atoms with van der Waals surface area (Å²) in [6.07, 6.45) is 1.40. The molecule has 3 rings (SSSR count). The maximum atomic E-state index is 13.2. The van der Waals surface area contributed by atoms with Crippen molar-refractivity contribution in [3.05, 3.63) is 77.6 Å². The number of hydrogen-bond donors (Lipinski definition) is 2. The van der Waals surface area contributed by atoms with Crippen LogP contribution in [0.4, 0.5) is 26.1 Å². The molecular weight excluding hydrogens is 310 g/mol. The second-order valence-corrected chi connectivity index (χ2v) is 5.38. The van der Waals surface area contributed by atoms with E-state index in [0.717, 1.165) is 17.7 Å². The van der Waals surface area contributed by atoms with Gasteiger partial charge in [-0.3, -0.25) is 0 Å². The topological polar surface area (TPSA) is 49.8 Å². The van der Waals surface area contributed by atoms with Crippen molar-refractivity contribution in [1.29, 1.82) is 0 Å². The third kappa shape index (κ3) is 4.04. The molecule has 0 radical (unpaired) electrons. The number of benzene rings is 2. The van der Waals surface area contributed by atoms with Gasteiger partial charge in [0.25, 0.3) is 0 Å². The average molecular weight is 326 g/mol. The van der Waals surface area contributed by atoms with Gasteiger partial charge in [-0.15, -0.1) is 0 Å². The van der Waals surface area contributed by atoms with E-state index in [0.29, 0.717) is 23.9 Å². The first-order valence-corrected chi connectivity index (χ1v) is 7.44. The van der Waals surface area contributed by atoms with Crippen molar-refractivity contribution >= 4 is 17.3 Å². The molecule has 0 fully saturated rings. The molecular formula is C18H16F2N4. The Hall–Kier alpha value is -3.02. The zero-order chi connectivity index (χ0) is 16.9. The van der Waals surface area contributed by atoms with Gasteiger partial charge in [-0.2, -0.15) is 0 Å². The highest BCUT2D eigenvalue weighted by atomic mass is 19.2. The van der Waals surface area contributed by atoms with Gasteiger partial charge in [-0.25, -0.2) is 18.7 Å². The van der Waals surface area contributed by atoms with Gasteiger partial charge in [-0.05, 0) is 24.6 Å². The van der Waals surface area contributed by atoms with Crippen LogP contribution < -0.4 is 10.6 Å². The standard InChI is InChI=1S/C18H16F2N4/c1-12-3-2-4-13(7-12)10-21-17-9-18(23-11-22-17)24-14-5-6-15(19)16(20)8-14/h2-9,11H,10H2,1H3,(H2,21,22,23,24). The van der Waals surface area contributed by atoms with Crippen LogP contribution in [-0.4, -0.2) is 9.97 Å². The first-order valence-electron chi connectivity index (χ1n) is 7.44. The maximum absolute atomic E-state index is 13.2. The zero-order valence-corrected chi connectivity index (χ0v) is 13.1. The predicted octanol–water partition coefficient (Wildman–Crippen LogP) is 4.42. The molecule has 0 bridgehead atoms. The van der Waals surface area contributed by atoms with Crippen molar-refractivity contribution in [2.45, 2.75) is 13.5 Å². The zero-order valence-electron chi connectivity index (χ0n) is 13.1. The van der Waals surface area contributed by atoms with Gasteiger partial charge in [0.2, 0.25) is 0 Å². The number of halogens is 2. The summed E-state index contributed by atoms with van der Waals surface area (Å²) >= 11 is 0. The number of aromatic nitrogens is 2. The quantitative estimate of drug-likeness (QED) is 0.729. The molecule has 0 aliphatic rings. The van der Waals surface area contributed by atoms with Crippen molar-refractivity contribution in [3.63, 3.8) is 0 Å². The molecule has 0 spiro atoms. The summed E-state index contributed by atoms with van der Waals surface area (Å²) in [6, 6.07) is 13.5. The normalized spacial score (nSPS) is 10.5. The minimum Gasteiger partial charge on any atom is -0.366 e. The van der Waals surface area contributed by atoms with Crippen LogP contribution in [0.5, 0.6) is 0 Å². The molecule has 2 aromatic carbocycles. The Balaban J connectivity index is 1.68. The average Bonchev–Trinajstić information content (AvgIpc) is 2.57. The minimum absolute atomic E-state index is 0.414. The summed E-state index contributed by atoms with van der Waals surface area (Å²) in [5.41, 5.74) is 2.75. The molecule has 0 saturated heterocycles. The molecule has 122 valence electrons. The molecule has 1 aromatic heterocycles. The Morgan fingerprint density at radius 3 is 2.54 bits per heavy atom. The van der Waals surface area contributed by atoms with Crippen molar-refractivity contribution in [2.24, 2.45) is 0 Å². The summed E-state index contributed by atoms with van der Waals surface area (Å²) < 4.78 is 26.2. The molecule has 4 nitrogen and oxygen atoms in total. The van der Waals surface area contributed by atoms with E-state index >= 15 is 0 Å². The fraction of sp³-hybridized carbons (Fsp3) is 0.111. The summed E-state index contributed by atoms with van der Waals surface area (Å²) in [7, 11) is 0. The number of nitrogens with zero attached hydrogens (tertiary/aromatic N) is 2. The van der Waals surface area contributed by atoms with Crippen molar-refractivity contribution < 1.29 is 8.78 Å². The van der Waals surface area contributed by atoms with Gasteiger partial charge >= 0.3 is 0 Å². The van der Waals surface area contributed by atoms with E-state index in [1.54, 1.807) is 6.07 Å². The second-order valence-electron chi connectivity index (χ2n) is 5.38. The van der Waals surface area contributed by atoms with Crippen LogP contribution in [0.15, 0.2) is 54.9 Å². The van der Waals surface area contributed by atoms with Gasteiger partial charge in [-0.1, -0.05) is 29.8 Å². The lowest BCUT2D eigenvalue weighted by atomic mass is 10.1. The fourth-order valence-electron chi connectivity index (χ4n) is 2.26. The van der Waals surface area contributed by atoms with Gasteiger partial charge in [0.05, 0.1) is 0 Å². The Kier molecular flexibility index (Phi) is 4.65. The van der Waals surface area contributed by atoms with E-state index in [9.17, 15) is 8.78 Å². The molecule has 3 aromatic rings. The summed E-state index contributed by atoms with van der Waals surface area (Å²) in [6.45, 7) is 2.67. The highest BCUT2D eigenvalue weighted by Gasteiger charge is 2.04. The molecule has 0 atom stereocenters. The summed E-state index contributed by atoms with van der Waals surface area (Å²) in [5, 5.41) is 6.13. The third-order valence-corrected chi connectivity index (χ3v) is 3.42. The molecule has 6 heteroatoms. The molecule has 0 saturated carbocycles. The minimum atomic E-state index is -0.910. The van der Waals surface area contributed by atoms with Crippen LogP contribution in [0.25, 0.3) is 0 Å². The first-order chi connectivity index (χ1) is 11.6. The number of rotatable bonds is 5. The lowest BCUT2D eigenvalue weighted by Gasteiger charge is -2.09. The smallest absolute Gasteiger partial charge is 0.160 e. The summed E-state index contributed by atoms with van der Waals surface area (Å²) in [5.74, 6) is -0.671. The molecule has 0 aliphatic heterocycles. The SMILES string of the molecule is Cc1cccc(CNc2cc(Nc3ccc(F)c(F)c3)ncn2)c1. The lowest BCUT2D eigenvalue weighted by molar-refractivity contribution is 0.509. The predicted molar refractivity (Wildman–Crippen MR) is 90.2 cm³/mol. The third-order valence-electron chi connectivity index (χ3n) is 3.42. The number of nitrogens with one attached hydrogen (secondary N) is 2. The monoisotopic (exact) mass is 326 g/mol. The first kappa shape index (κ1) is 15.9. The van der Waals surface area contributed by atoms with E-state index in [-0.39, 0.29) is 0 Å². The molecule has 1 heterocycles. The molecule has 24 heavy (non-hydrogen) atoms. The van der Waals surface area contributed by atoms with E-state index in [1.165, 1.54) is 18.0 Å². The largest absolute Gasteiger partial charge is 0.366 e. The molecule has 0 unspecified atom stereocenters. The molecule has 2 N–H and O–H groups in total. The Morgan fingerprint density at radius 2 is 1.75 bits per heavy atom. The number of aryl methyl sites for hydroxylation is 1. The van der Waals surface area contributed by atoms with Crippen LogP contribution in [-0.2, 0) is 6.54 Å². The van der Waals surface area contributed by atoms with Gasteiger partial charge in [0.15, 0.2) is 11.6 Å². The van der Waals surface area contributed by atoms with Crippen LogP contribution in [0, 0.1) is 18.6 Å². The lowest BCUT2D eigenvalue weighted by Crippen LogP contribution is -2.03. The van der Waals surface area contributed by atoms with E-state index in [2.05, 4.69) is 26.7 Å². The van der Waals surface area contributed by atoms with Gasteiger partial charge in [0.1, 0.15) is 18.0 Å². The fourth-order valence-corrected chi connectivity index (χ4v) is 2.26. The number of hydrogen-bond acceptors (Lipinski definition) is 4. The van der Waals surface area contributed by atoms with E-state index in [1.807, 2.05) is 25.1 Å². The molecule has 0 amide bonds.